The molecule has 0 amide bonds. The van der Waals surface area contributed by atoms with Crippen molar-refractivity contribution in [1.82, 2.24) is 0 Å². The minimum Gasteiger partial charge on any atom is -0.476 e. The normalized spacial score (nSPS) is 11.2. The third-order valence-electron chi connectivity index (χ3n) is 1.35. The van der Waals surface area contributed by atoms with Crippen LogP contribution >= 0.6 is 0 Å². The molecule has 0 unspecified atom stereocenters. The number of carboxylic acids is 1. The van der Waals surface area contributed by atoms with Gasteiger partial charge in [0.1, 0.15) is 0 Å². The lowest BCUT2D eigenvalue weighted by molar-refractivity contribution is -0.129. The van der Waals surface area contributed by atoms with Gasteiger partial charge < -0.3 is 10.3 Å². The van der Waals surface area contributed by atoms with Crippen LogP contribution in [0.25, 0.3) is 0 Å². The Labute approximate surface area is 68.8 Å². The van der Waals surface area contributed by atoms with Gasteiger partial charge in [0.15, 0.2) is 5.71 Å². The van der Waals surface area contributed by atoms with E-state index in [9.17, 15) is 4.79 Å². The molecule has 0 aliphatic rings. The second-order valence-corrected chi connectivity index (χ2v) is 2.12. The SMILES string of the molecule is O=C(O)/C(=N/O)c1ccccc1. The summed E-state index contributed by atoms with van der Waals surface area (Å²) in [4.78, 5) is 10.4. The summed E-state index contributed by atoms with van der Waals surface area (Å²) in [7, 11) is 0. The molecular weight excluding hydrogens is 158 g/mol. The van der Waals surface area contributed by atoms with E-state index in [1.807, 2.05) is 0 Å². The van der Waals surface area contributed by atoms with Gasteiger partial charge in [0.25, 0.3) is 0 Å². The van der Waals surface area contributed by atoms with E-state index in [0.717, 1.165) is 0 Å². The van der Waals surface area contributed by atoms with Crippen LogP contribution in [-0.4, -0.2) is 22.0 Å². The van der Waals surface area contributed by atoms with Gasteiger partial charge in [-0.05, 0) is 0 Å². The maximum Gasteiger partial charge on any atom is 0.358 e. The van der Waals surface area contributed by atoms with Gasteiger partial charge in [0, 0.05) is 5.56 Å². The first kappa shape index (κ1) is 8.26. The molecule has 0 fully saturated rings. The molecule has 1 rings (SSSR count). The molecule has 0 radical (unpaired) electrons. The Balaban J connectivity index is 3.05. The Morgan fingerprint density at radius 1 is 1.25 bits per heavy atom. The van der Waals surface area contributed by atoms with Crippen molar-refractivity contribution in [3.05, 3.63) is 35.9 Å². The van der Waals surface area contributed by atoms with Crippen LogP contribution in [0.2, 0.25) is 0 Å². The Morgan fingerprint density at radius 3 is 2.25 bits per heavy atom. The fourth-order valence-electron chi connectivity index (χ4n) is 0.820. The molecular formula is C8H7NO3. The largest absolute Gasteiger partial charge is 0.476 e. The molecule has 0 saturated heterocycles. The van der Waals surface area contributed by atoms with Crippen molar-refractivity contribution in [2.75, 3.05) is 0 Å². The molecule has 1 aromatic carbocycles. The Hall–Kier alpha value is -1.84. The highest BCUT2D eigenvalue weighted by atomic mass is 16.4. The summed E-state index contributed by atoms with van der Waals surface area (Å²) < 4.78 is 0. The van der Waals surface area contributed by atoms with Crippen LogP contribution in [-0.2, 0) is 4.79 Å². The smallest absolute Gasteiger partial charge is 0.358 e. The Kier molecular flexibility index (Phi) is 2.42. The first-order valence-electron chi connectivity index (χ1n) is 3.26. The molecule has 0 atom stereocenters. The van der Waals surface area contributed by atoms with Crippen molar-refractivity contribution in [2.45, 2.75) is 0 Å². The highest BCUT2D eigenvalue weighted by Gasteiger charge is 2.11. The number of benzene rings is 1. The van der Waals surface area contributed by atoms with Crippen LogP contribution in [0.5, 0.6) is 0 Å². The number of nitrogens with zero attached hydrogens (tertiary/aromatic N) is 1. The van der Waals surface area contributed by atoms with E-state index in [1.54, 1.807) is 30.3 Å². The van der Waals surface area contributed by atoms with E-state index in [-0.39, 0.29) is 5.71 Å². The van der Waals surface area contributed by atoms with E-state index in [0.29, 0.717) is 5.56 Å². The Morgan fingerprint density at radius 2 is 1.83 bits per heavy atom. The second-order valence-electron chi connectivity index (χ2n) is 2.12. The van der Waals surface area contributed by atoms with Gasteiger partial charge in [-0.15, -0.1) is 0 Å². The number of aliphatic carboxylic acids is 1. The topological polar surface area (TPSA) is 69.9 Å². The molecule has 0 aliphatic carbocycles. The minimum atomic E-state index is -1.25. The van der Waals surface area contributed by atoms with Crippen molar-refractivity contribution in [3.63, 3.8) is 0 Å². The van der Waals surface area contributed by atoms with Gasteiger partial charge >= 0.3 is 5.97 Å². The average Bonchev–Trinajstić information content (AvgIpc) is 2.07. The fraction of sp³-hybridized carbons (Fsp3) is 0. The van der Waals surface area contributed by atoms with Crippen molar-refractivity contribution < 1.29 is 15.1 Å². The maximum absolute atomic E-state index is 10.4. The number of carbonyl (C=O) groups is 1. The number of hydrogen-bond donors (Lipinski definition) is 2. The van der Waals surface area contributed by atoms with E-state index in [1.165, 1.54) is 0 Å². The van der Waals surface area contributed by atoms with Crippen molar-refractivity contribution >= 4 is 11.7 Å². The van der Waals surface area contributed by atoms with Gasteiger partial charge in [-0.3, -0.25) is 0 Å². The van der Waals surface area contributed by atoms with Crippen molar-refractivity contribution in [2.24, 2.45) is 5.16 Å². The van der Waals surface area contributed by atoms with Crippen LogP contribution in [0.3, 0.4) is 0 Å². The zero-order chi connectivity index (χ0) is 8.97. The highest BCUT2D eigenvalue weighted by Crippen LogP contribution is 2.00. The first-order valence-corrected chi connectivity index (χ1v) is 3.26. The third kappa shape index (κ3) is 1.60. The summed E-state index contributed by atoms with van der Waals surface area (Å²) in [6, 6.07) is 8.21. The molecule has 12 heavy (non-hydrogen) atoms. The van der Waals surface area contributed by atoms with Crippen molar-refractivity contribution in [1.29, 1.82) is 0 Å². The lowest BCUT2D eigenvalue weighted by Gasteiger charge is -1.96. The summed E-state index contributed by atoms with van der Waals surface area (Å²) in [6.45, 7) is 0. The molecule has 4 nitrogen and oxygen atoms in total. The summed E-state index contributed by atoms with van der Waals surface area (Å²) in [5.74, 6) is -1.25. The molecule has 0 saturated carbocycles. The Bertz CT molecular complexity index is 305. The van der Waals surface area contributed by atoms with E-state index >= 15 is 0 Å². The molecule has 4 heteroatoms. The summed E-state index contributed by atoms with van der Waals surface area (Å²) >= 11 is 0. The van der Waals surface area contributed by atoms with E-state index in [2.05, 4.69) is 5.16 Å². The summed E-state index contributed by atoms with van der Waals surface area (Å²) in [5.41, 5.74) is 0.0306. The van der Waals surface area contributed by atoms with E-state index in [4.69, 9.17) is 10.3 Å². The molecule has 62 valence electrons. The van der Waals surface area contributed by atoms with Crippen LogP contribution in [0.4, 0.5) is 0 Å². The van der Waals surface area contributed by atoms with Crippen LogP contribution in [0.15, 0.2) is 35.5 Å². The molecule has 0 aromatic heterocycles. The molecule has 0 aliphatic heterocycles. The maximum atomic E-state index is 10.4. The molecule has 0 heterocycles. The minimum absolute atomic E-state index is 0.351. The van der Waals surface area contributed by atoms with E-state index < -0.39 is 5.97 Å². The fourth-order valence-corrected chi connectivity index (χ4v) is 0.820. The zero-order valence-electron chi connectivity index (χ0n) is 6.14. The van der Waals surface area contributed by atoms with Gasteiger partial charge in [-0.1, -0.05) is 35.5 Å². The predicted molar refractivity (Wildman–Crippen MR) is 42.4 cm³/mol. The lowest BCUT2D eigenvalue weighted by atomic mass is 10.1. The molecule has 2 N–H and O–H groups in total. The second kappa shape index (κ2) is 3.52. The third-order valence-corrected chi connectivity index (χ3v) is 1.35. The zero-order valence-corrected chi connectivity index (χ0v) is 6.14. The van der Waals surface area contributed by atoms with Crippen LogP contribution in [0, 0.1) is 0 Å². The lowest BCUT2D eigenvalue weighted by Crippen LogP contribution is -2.13. The van der Waals surface area contributed by atoms with Gasteiger partial charge in [0.05, 0.1) is 0 Å². The summed E-state index contributed by atoms with van der Waals surface area (Å²) in [6.07, 6.45) is 0. The average molecular weight is 165 g/mol. The van der Waals surface area contributed by atoms with Crippen molar-refractivity contribution in [3.8, 4) is 0 Å². The molecule has 1 aromatic rings. The van der Waals surface area contributed by atoms with Crippen LogP contribution in [0.1, 0.15) is 5.56 Å². The molecule has 0 bridgehead atoms. The van der Waals surface area contributed by atoms with Crippen LogP contribution < -0.4 is 0 Å². The number of oxime groups is 1. The predicted octanol–water partition coefficient (Wildman–Crippen LogP) is 0.950. The monoisotopic (exact) mass is 165 g/mol. The number of rotatable bonds is 2. The standard InChI is InChI=1S/C8H7NO3/c10-8(11)7(9-12)6-4-2-1-3-5-6/h1-5,12H,(H,10,11)/b9-7+. The van der Waals surface area contributed by atoms with Gasteiger partial charge in [-0.2, -0.15) is 0 Å². The summed E-state index contributed by atoms with van der Waals surface area (Å²) in [5, 5.41) is 19.6. The highest BCUT2D eigenvalue weighted by molar-refractivity contribution is 6.42. The van der Waals surface area contributed by atoms with Gasteiger partial charge in [0.2, 0.25) is 0 Å². The number of hydrogen-bond acceptors (Lipinski definition) is 3. The first-order chi connectivity index (χ1) is 5.75. The van der Waals surface area contributed by atoms with Gasteiger partial charge in [-0.25, -0.2) is 4.79 Å². The quantitative estimate of drug-likeness (QED) is 0.389. The molecule has 0 spiro atoms. The number of carboxylic acid groups (broad SMARTS) is 1.